The van der Waals surface area contributed by atoms with Crippen LogP contribution in [0.4, 0.5) is 0 Å². The van der Waals surface area contributed by atoms with E-state index in [1.807, 2.05) is 0 Å². The van der Waals surface area contributed by atoms with E-state index in [0.717, 1.165) is 25.7 Å². The van der Waals surface area contributed by atoms with Crippen LogP contribution in [0.25, 0.3) is 10.4 Å². The van der Waals surface area contributed by atoms with Gasteiger partial charge in [-0.2, -0.15) is 0 Å². The van der Waals surface area contributed by atoms with Crippen molar-refractivity contribution in [2.75, 3.05) is 14.1 Å². The van der Waals surface area contributed by atoms with Crippen molar-refractivity contribution in [3.8, 4) is 0 Å². The maximum Gasteiger partial charge on any atom is 0.251 e. The van der Waals surface area contributed by atoms with E-state index in [4.69, 9.17) is 5.53 Å². The van der Waals surface area contributed by atoms with Gasteiger partial charge in [0.15, 0.2) is 0 Å². The molecule has 1 aliphatic carbocycles. The first-order chi connectivity index (χ1) is 8.07. The van der Waals surface area contributed by atoms with Gasteiger partial charge in [0.1, 0.15) is 6.10 Å². The second kappa shape index (κ2) is 6.47. The molecule has 0 aromatic rings. The van der Waals surface area contributed by atoms with Gasteiger partial charge in [-0.1, -0.05) is 24.4 Å². The molecule has 6 nitrogen and oxygen atoms in total. The second-order valence-electron chi connectivity index (χ2n) is 4.77. The summed E-state index contributed by atoms with van der Waals surface area (Å²) in [6.45, 7) is 0. The highest BCUT2D eigenvalue weighted by atomic mass is 16.3. The van der Waals surface area contributed by atoms with Gasteiger partial charge in [-0.05, 0) is 24.3 Å². The first-order valence-corrected chi connectivity index (χ1v) is 6.01. The van der Waals surface area contributed by atoms with Gasteiger partial charge in [0.25, 0.3) is 5.91 Å². The Balaban J connectivity index is 2.76. The lowest BCUT2D eigenvalue weighted by Gasteiger charge is -2.30. The lowest BCUT2D eigenvalue weighted by atomic mass is 9.82. The molecule has 0 unspecified atom stereocenters. The molecule has 1 fully saturated rings. The Labute approximate surface area is 101 Å². The van der Waals surface area contributed by atoms with E-state index in [1.165, 1.54) is 11.3 Å². The molecule has 1 saturated carbocycles. The van der Waals surface area contributed by atoms with E-state index >= 15 is 0 Å². The summed E-state index contributed by atoms with van der Waals surface area (Å²) in [5, 5.41) is 13.6. The number of amides is 1. The molecule has 0 aliphatic heterocycles. The van der Waals surface area contributed by atoms with E-state index in [9.17, 15) is 9.90 Å². The third-order valence-electron chi connectivity index (χ3n) is 3.34. The van der Waals surface area contributed by atoms with Crippen LogP contribution in [0.3, 0.4) is 0 Å². The van der Waals surface area contributed by atoms with Gasteiger partial charge in [-0.3, -0.25) is 4.79 Å². The molecule has 6 heteroatoms. The predicted octanol–water partition coefficient (Wildman–Crippen LogP) is 1.69. The molecule has 0 saturated heterocycles. The summed E-state index contributed by atoms with van der Waals surface area (Å²) in [5.41, 5.74) is 8.56. The van der Waals surface area contributed by atoms with Crippen LogP contribution in [0.15, 0.2) is 5.11 Å². The van der Waals surface area contributed by atoms with Crippen LogP contribution < -0.4 is 0 Å². The number of carbonyl (C=O) groups is 1. The van der Waals surface area contributed by atoms with Crippen molar-refractivity contribution in [2.24, 2.45) is 11.0 Å². The Morgan fingerprint density at radius 2 is 2.00 bits per heavy atom. The van der Waals surface area contributed by atoms with Gasteiger partial charge >= 0.3 is 0 Å². The average molecular weight is 240 g/mol. The Bertz CT molecular complexity index is 307. The average Bonchev–Trinajstić information content (AvgIpc) is 2.35. The van der Waals surface area contributed by atoms with Gasteiger partial charge in [0.2, 0.25) is 0 Å². The third-order valence-corrected chi connectivity index (χ3v) is 3.34. The van der Waals surface area contributed by atoms with Crippen LogP contribution >= 0.6 is 0 Å². The van der Waals surface area contributed by atoms with Gasteiger partial charge in [0, 0.05) is 19.0 Å². The van der Waals surface area contributed by atoms with Gasteiger partial charge < -0.3 is 10.0 Å². The normalized spacial score (nSPS) is 20.2. The Morgan fingerprint density at radius 3 is 2.47 bits per heavy atom. The monoisotopic (exact) mass is 240 g/mol. The molecule has 0 aromatic carbocycles. The van der Waals surface area contributed by atoms with Crippen LogP contribution in [-0.2, 0) is 4.79 Å². The molecule has 0 bridgehead atoms. The van der Waals surface area contributed by atoms with Crippen LogP contribution in [0, 0.1) is 5.92 Å². The minimum absolute atomic E-state index is 0.124. The molecule has 0 radical (unpaired) electrons. The zero-order valence-corrected chi connectivity index (χ0v) is 10.4. The molecule has 1 rings (SSSR count). The summed E-state index contributed by atoms with van der Waals surface area (Å²) in [4.78, 5) is 15.8. The van der Waals surface area contributed by atoms with E-state index < -0.39 is 18.1 Å². The quantitative estimate of drug-likeness (QED) is 0.460. The Morgan fingerprint density at radius 1 is 1.41 bits per heavy atom. The molecule has 1 amide bonds. The van der Waals surface area contributed by atoms with E-state index in [1.54, 1.807) is 14.1 Å². The molecule has 1 N–H and O–H groups in total. The van der Waals surface area contributed by atoms with Crippen molar-refractivity contribution in [1.82, 2.24) is 4.90 Å². The van der Waals surface area contributed by atoms with Crippen molar-refractivity contribution in [1.29, 1.82) is 0 Å². The van der Waals surface area contributed by atoms with Crippen LogP contribution in [-0.4, -0.2) is 42.2 Å². The van der Waals surface area contributed by atoms with E-state index in [2.05, 4.69) is 10.0 Å². The Kier molecular flexibility index (Phi) is 5.25. The smallest absolute Gasteiger partial charge is 0.251 e. The number of rotatable bonds is 4. The van der Waals surface area contributed by atoms with Crippen molar-refractivity contribution >= 4 is 5.91 Å². The first kappa shape index (κ1) is 13.8. The SMILES string of the molecule is CN(C)C(=O)[C@H](O)[C@H](N=[N+]=[N-])C1CCCCC1. The summed E-state index contributed by atoms with van der Waals surface area (Å²) in [6, 6.07) is -0.629. The minimum atomic E-state index is -1.22. The maximum absolute atomic E-state index is 11.7. The summed E-state index contributed by atoms with van der Waals surface area (Å²) < 4.78 is 0. The fraction of sp³-hybridized carbons (Fsp3) is 0.909. The van der Waals surface area contributed by atoms with Gasteiger partial charge in [-0.15, -0.1) is 0 Å². The van der Waals surface area contributed by atoms with Crippen LogP contribution in [0.2, 0.25) is 0 Å². The number of carbonyl (C=O) groups excluding carboxylic acids is 1. The second-order valence-corrected chi connectivity index (χ2v) is 4.77. The fourth-order valence-electron chi connectivity index (χ4n) is 2.36. The zero-order chi connectivity index (χ0) is 12.8. The van der Waals surface area contributed by atoms with Gasteiger partial charge in [-0.25, -0.2) is 0 Å². The molecule has 0 heterocycles. The molecular weight excluding hydrogens is 220 g/mol. The van der Waals surface area contributed by atoms with E-state index in [0.29, 0.717) is 0 Å². The lowest BCUT2D eigenvalue weighted by molar-refractivity contribution is -0.139. The van der Waals surface area contributed by atoms with Crippen molar-refractivity contribution < 1.29 is 9.90 Å². The maximum atomic E-state index is 11.7. The number of likely N-dealkylation sites (N-methyl/N-ethyl adjacent to an activating group) is 1. The topological polar surface area (TPSA) is 89.3 Å². The lowest BCUT2D eigenvalue weighted by Crippen LogP contribution is -2.44. The van der Waals surface area contributed by atoms with E-state index in [-0.39, 0.29) is 5.92 Å². The van der Waals surface area contributed by atoms with Gasteiger partial charge in [0.05, 0.1) is 6.04 Å². The molecule has 1 aliphatic rings. The molecule has 17 heavy (non-hydrogen) atoms. The minimum Gasteiger partial charge on any atom is -0.383 e. The highest BCUT2D eigenvalue weighted by Crippen LogP contribution is 2.30. The summed E-state index contributed by atoms with van der Waals surface area (Å²) in [7, 11) is 3.17. The number of hydrogen-bond acceptors (Lipinski definition) is 3. The predicted molar refractivity (Wildman–Crippen MR) is 64.2 cm³/mol. The Hall–Kier alpha value is -1.26. The molecule has 96 valence electrons. The summed E-state index contributed by atoms with van der Waals surface area (Å²) >= 11 is 0. The van der Waals surface area contributed by atoms with Crippen LogP contribution in [0.5, 0.6) is 0 Å². The van der Waals surface area contributed by atoms with Crippen LogP contribution in [0.1, 0.15) is 32.1 Å². The van der Waals surface area contributed by atoms with Crippen molar-refractivity contribution in [3.63, 3.8) is 0 Å². The highest BCUT2D eigenvalue weighted by Gasteiger charge is 2.33. The van der Waals surface area contributed by atoms with Crippen molar-refractivity contribution in [2.45, 2.75) is 44.2 Å². The zero-order valence-electron chi connectivity index (χ0n) is 10.4. The number of hydrogen-bond donors (Lipinski definition) is 1. The summed E-state index contributed by atoms with van der Waals surface area (Å²) in [6.07, 6.45) is 3.94. The first-order valence-electron chi connectivity index (χ1n) is 6.01. The van der Waals surface area contributed by atoms with Crippen molar-refractivity contribution in [3.05, 3.63) is 10.4 Å². The molecule has 0 aromatic heterocycles. The molecular formula is C11H20N4O2. The molecule has 2 atom stereocenters. The number of aliphatic hydroxyl groups excluding tert-OH is 1. The number of nitrogens with zero attached hydrogens (tertiary/aromatic N) is 4. The fourth-order valence-corrected chi connectivity index (χ4v) is 2.36. The number of azide groups is 1. The third kappa shape index (κ3) is 3.61. The molecule has 0 spiro atoms. The summed E-state index contributed by atoms with van der Waals surface area (Å²) in [5.74, 6) is -0.272. The number of aliphatic hydroxyl groups is 1. The standard InChI is InChI=1S/C11H20N4O2/c1-15(2)11(17)10(16)9(13-14-12)8-6-4-3-5-7-8/h8-10,16H,3-7H2,1-2H3/t9-,10-/m1/s1. The largest absolute Gasteiger partial charge is 0.383 e. The highest BCUT2D eigenvalue weighted by molar-refractivity contribution is 5.81.